The van der Waals surface area contributed by atoms with Crippen LogP contribution in [0.4, 0.5) is 0 Å². The van der Waals surface area contributed by atoms with Gasteiger partial charge in [-0.05, 0) is 32.1 Å². The molecule has 2 aliphatic heterocycles. The average molecular weight is 250 g/mol. The minimum absolute atomic E-state index is 0.159. The third-order valence-electron chi connectivity index (χ3n) is 3.96. The first kappa shape index (κ1) is 13.1. The van der Waals surface area contributed by atoms with E-state index in [1.807, 2.05) is 24.8 Å². The molecule has 18 heavy (non-hydrogen) atoms. The zero-order valence-corrected chi connectivity index (χ0v) is 11.2. The van der Waals surface area contributed by atoms with Crippen LogP contribution >= 0.6 is 0 Å². The highest BCUT2D eigenvalue weighted by Crippen LogP contribution is 2.26. The summed E-state index contributed by atoms with van der Waals surface area (Å²) in [6.07, 6.45) is 5.29. The number of allylic oxidation sites excluding steroid dienone is 1. The topological polar surface area (TPSA) is 49.4 Å². The molecule has 0 spiro atoms. The Morgan fingerprint density at radius 1 is 1.50 bits per heavy atom. The number of hydrogen-bond donors (Lipinski definition) is 1. The van der Waals surface area contributed by atoms with E-state index in [-0.39, 0.29) is 17.9 Å². The van der Waals surface area contributed by atoms with Gasteiger partial charge in [0.25, 0.3) is 0 Å². The Morgan fingerprint density at radius 3 is 3.00 bits per heavy atom. The largest absolute Gasteiger partial charge is 0.353 e. The Morgan fingerprint density at radius 2 is 2.28 bits per heavy atom. The molecule has 2 aliphatic rings. The number of carbonyl (C=O) groups excluding carboxylic acids is 2. The number of fused-ring (bicyclic) bond motifs is 1. The minimum Gasteiger partial charge on any atom is -0.353 e. The molecule has 0 aliphatic carbocycles. The van der Waals surface area contributed by atoms with E-state index in [1.54, 1.807) is 0 Å². The average Bonchev–Trinajstić information content (AvgIpc) is 2.37. The second-order valence-corrected chi connectivity index (χ2v) is 5.31. The number of hydrogen-bond acceptors (Lipinski definition) is 2. The maximum absolute atomic E-state index is 12.2. The van der Waals surface area contributed by atoms with Crippen molar-refractivity contribution in [2.24, 2.45) is 5.92 Å². The van der Waals surface area contributed by atoms with Crippen LogP contribution in [0.1, 0.15) is 39.5 Å². The SMILES string of the molecule is CC/C=C(/C)C(=O)N1CCC2NC(=O)CCC2C1. The molecule has 2 unspecified atom stereocenters. The van der Waals surface area contributed by atoms with Gasteiger partial charge in [0.05, 0.1) is 0 Å². The van der Waals surface area contributed by atoms with E-state index in [4.69, 9.17) is 0 Å². The molecular formula is C14H22N2O2. The van der Waals surface area contributed by atoms with Gasteiger partial charge in [-0.1, -0.05) is 13.0 Å². The normalized spacial score (nSPS) is 28.7. The molecule has 0 radical (unpaired) electrons. The first-order chi connectivity index (χ1) is 8.61. The van der Waals surface area contributed by atoms with Gasteiger partial charge in [-0.25, -0.2) is 0 Å². The monoisotopic (exact) mass is 250 g/mol. The molecule has 2 rings (SSSR count). The van der Waals surface area contributed by atoms with Gasteiger partial charge in [0.1, 0.15) is 0 Å². The van der Waals surface area contributed by atoms with Crippen LogP contribution in [0.5, 0.6) is 0 Å². The highest BCUT2D eigenvalue weighted by molar-refractivity contribution is 5.92. The first-order valence-corrected chi connectivity index (χ1v) is 6.87. The zero-order valence-electron chi connectivity index (χ0n) is 11.2. The molecule has 0 aromatic heterocycles. The molecule has 0 aromatic carbocycles. The van der Waals surface area contributed by atoms with Crippen LogP contribution in [0.15, 0.2) is 11.6 Å². The molecular weight excluding hydrogens is 228 g/mol. The van der Waals surface area contributed by atoms with Gasteiger partial charge in [-0.3, -0.25) is 9.59 Å². The summed E-state index contributed by atoms with van der Waals surface area (Å²) in [7, 11) is 0. The molecule has 2 amide bonds. The van der Waals surface area contributed by atoms with Crippen LogP contribution in [0.3, 0.4) is 0 Å². The summed E-state index contributed by atoms with van der Waals surface area (Å²) in [5.41, 5.74) is 0.843. The number of piperidine rings is 2. The van der Waals surface area contributed by atoms with Crippen molar-refractivity contribution < 1.29 is 9.59 Å². The van der Waals surface area contributed by atoms with Crippen molar-refractivity contribution in [2.45, 2.75) is 45.6 Å². The number of amides is 2. The van der Waals surface area contributed by atoms with Crippen molar-refractivity contribution in [1.82, 2.24) is 10.2 Å². The lowest BCUT2D eigenvalue weighted by atomic mass is 9.85. The molecule has 0 aromatic rings. The Kier molecular flexibility index (Phi) is 4.04. The molecule has 4 heteroatoms. The van der Waals surface area contributed by atoms with Gasteiger partial charge in [-0.15, -0.1) is 0 Å². The first-order valence-electron chi connectivity index (χ1n) is 6.87. The Hall–Kier alpha value is -1.32. The standard InChI is InChI=1S/C14H22N2O2/c1-3-4-10(2)14(18)16-8-7-12-11(9-16)5-6-13(17)15-12/h4,11-12H,3,5-9H2,1-2H3,(H,15,17)/b10-4-. The second kappa shape index (κ2) is 5.55. The molecule has 1 N–H and O–H groups in total. The maximum Gasteiger partial charge on any atom is 0.249 e. The zero-order chi connectivity index (χ0) is 13.1. The minimum atomic E-state index is 0.159. The molecule has 2 heterocycles. The summed E-state index contributed by atoms with van der Waals surface area (Å²) >= 11 is 0. The summed E-state index contributed by atoms with van der Waals surface area (Å²) < 4.78 is 0. The third-order valence-corrected chi connectivity index (χ3v) is 3.96. The van der Waals surface area contributed by atoms with Crippen LogP contribution < -0.4 is 5.32 Å². The van der Waals surface area contributed by atoms with Crippen molar-refractivity contribution in [1.29, 1.82) is 0 Å². The Labute approximate surface area is 108 Å². The predicted molar refractivity (Wildman–Crippen MR) is 69.9 cm³/mol. The van der Waals surface area contributed by atoms with Crippen LogP contribution in [0.2, 0.25) is 0 Å². The Bertz CT molecular complexity index is 376. The van der Waals surface area contributed by atoms with Gasteiger partial charge in [0.15, 0.2) is 0 Å². The van der Waals surface area contributed by atoms with Gasteiger partial charge < -0.3 is 10.2 Å². The third kappa shape index (κ3) is 2.74. The van der Waals surface area contributed by atoms with E-state index in [2.05, 4.69) is 5.32 Å². The van der Waals surface area contributed by atoms with Crippen molar-refractivity contribution in [3.63, 3.8) is 0 Å². The van der Waals surface area contributed by atoms with E-state index >= 15 is 0 Å². The fraction of sp³-hybridized carbons (Fsp3) is 0.714. The second-order valence-electron chi connectivity index (χ2n) is 5.31. The van der Waals surface area contributed by atoms with Crippen LogP contribution in [-0.2, 0) is 9.59 Å². The number of rotatable bonds is 2. The van der Waals surface area contributed by atoms with Gasteiger partial charge >= 0.3 is 0 Å². The number of likely N-dealkylation sites (tertiary alicyclic amines) is 1. The van der Waals surface area contributed by atoms with Gasteiger partial charge in [-0.2, -0.15) is 0 Å². The van der Waals surface area contributed by atoms with Gasteiger partial charge in [0, 0.05) is 31.1 Å². The highest BCUT2D eigenvalue weighted by Gasteiger charge is 2.35. The fourth-order valence-corrected chi connectivity index (χ4v) is 2.94. The lowest BCUT2D eigenvalue weighted by Gasteiger charge is -2.41. The van der Waals surface area contributed by atoms with Crippen LogP contribution in [-0.4, -0.2) is 35.8 Å². The highest BCUT2D eigenvalue weighted by atomic mass is 16.2. The predicted octanol–water partition coefficient (Wildman–Crippen LogP) is 1.47. The molecule has 0 bridgehead atoms. The molecule has 4 nitrogen and oxygen atoms in total. The number of nitrogens with zero attached hydrogens (tertiary/aromatic N) is 1. The number of carbonyl (C=O) groups is 2. The summed E-state index contributed by atoms with van der Waals surface area (Å²) in [5.74, 6) is 0.764. The van der Waals surface area contributed by atoms with Crippen LogP contribution in [0, 0.1) is 5.92 Å². The van der Waals surface area contributed by atoms with E-state index < -0.39 is 0 Å². The Balaban J connectivity index is 1.97. The van der Waals surface area contributed by atoms with Crippen molar-refractivity contribution in [2.75, 3.05) is 13.1 Å². The fourth-order valence-electron chi connectivity index (χ4n) is 2.94. The maximum atomic E-state index is 12.2. The molecule has 2 saturated heterocycles. The molecule has 100 valence electrons. The lowest BCUT2D eigenvalue weighted by Crippen LogP contribution is -2.55. The lowest BCUT2D eigenvalue weighted by molar-refractivity contribution is -0.131. The molecule has 2 atom stereocenters. The summed E-state index contributed by atoms with van der Waals surface area (Å²) in [6, 6.07) is 0.283. The van der Waals surface area contributed by atoms with Gasteiger partial charge in [0.2, 0.25) is 11.8 Å². The molecule has 0 saturated carbocycles. The van der Waals surface area contributed by atoms with Crippen molar-refractivity contribution >= 4 is 11.8 Å². The van der Waals surface area contributed by atoms with E-state index in [1.165, 1.54) is 0 Å². The van der Waals surface area contributed by atoms with Crippen LogP contribution in [0.25, 0.3) is 0 Å². The van der Waals surface area contributed by atoms with E-state index in [9.17, 15) is 9.59 Å². The summed E-state index contributed by atoms with van der Waals surface area (Å²) in [4.78, 5) is 25.5. The van der Waals surface area contributed by atoms with Crippen molar-refractivity contribution in [3.8, 4) is 0 Å². The summed E-state index contributed by atoms with van der Waals surface area (Å²) in [5, 5.41) is 3.04. The quantitative estimate of drug-likeness (QED) is 0.754. The van der Waals surface area contributed by atoms with Crippen molar-refractivity contribution in [3.05, 3.63) is 11.6 Å². The van der Waals surface area contributed by atoms with E-state index in [0.717, 1.165) is 37.9 Å². The molecule has 2 fully saturated rings. The smallest absolute Gasteiger partial charge is 0.249 e. The van der Waals surface area contributed by atoms with E-state index in [0.29, 0.717) is 12.3 Å². The number of nitrogens with one attached hydrogen (secondary N) is 1. The summed E-state index contributed by atoms with van der Waals surface area (Å²) in [6.45, 7) is 5.48.